The maximum absolute atomic E-state index is 13.8. The summed E-state index contributed by atoms with van der Waals surface area (Å²) in [5, 5.41) is 7.53. The van der Waals surface area contributed by atoms with Gasteiger partial charge >= 0.3 is 12.0 Å². The van der Waals surface area contributed by atoms with Crippen molar-refractivity contribution in [3.63, 3.8) is 0 Å². The fourth-order valence-electron chi connectivity index (χ4n) is 3.48. The zero-order valence-corrected chi connectivity index (χ0v) is 19.6. The van der Waals surface area contributed by atoms with Crippen LogP contribution in [0.4, 0.5) is 19.3 Å². The van der Waals surface area contributed by atoms with Crippen molar-refractivity contribution in [2.45, 2.75) is 38.4 Å². The number of urea groups is 1. The number of benzene rings is 1. The predicted molar refractivity (Wildman–Crippen MR) is 120 cm³/mol. The van der Waals surface area contributed by atoms with Gasteiger partial charge in [-0.25, -0.2) is 18.4 Å². The summed E-state index contributed by atoms with van der Waals surface area (Å²) >= 11 is 1.29. The number of rotatable bonds is 8. The van der Waals surface area contributed by atoms with E-state index in [1.54, 1.807) is 20.1 Å². The number of likely N-dealkylation sites (tertiary alicyclic amines) is 1. The van der Waals surface area contributed by atoms with Crippen LogP contribution in [0.5, 0.6) is 0 Å². The summed E-state index contributed by atoms with van der Waals surface area (Å²) in [4.78, 5) is 51.2. The van der Waals surface area contributed by atoms with Gasteiger partial charge in [-0.05, 0) is 30.7 Å². The summed E-state index contributed by atoms with van der Waals surface area (Å²) in [6.45, 7) is 3.55. The van der Waals surface area contributed by atoms with Gasteiger partial charge in [-0.3, -0.25) is 9.59 Å². The smallest absolute Gasteiger partial charge is 0.328 e. The Morgan fingerprint density at radius 1 is 1.24 bits per heavy atom. The van der Waals surface area contributed by atoms with Crippen LogP contribution in [0.2, 0.25) is 0 Å². The molecule has 1 aliphatic rings. The van der Waals surface area contributed by atoms with Crippen LogP contribution in [0, 0.1) is 17.6 Å². The van der Waals surface area contributed by atoms with Crippen LogP contribution in [0.25, 0.3) is 0 Å². The standard InChI is InChI=1S/C21H28F2N4O5S/c1-11(2)18(20(30)32-3)26-19(29)16-8-13(9-27(16)17(28)10-33-4)24-21(31)25-15-6-5-12(22)7-14(15)23/h5-7,11,13,16,18H,8-10H2,1-4H3,(H,26,29)(H2,24,25,31)/t13-,16+,18+/m0/s1. The first kappa shape index (κ1) is 26.4. The summed E-state index contributed by atoms with van der Waals surface area (Å²) in [6.07, 6.45) is 1.84. The fraction of sp³-hybridized carbons (Fsp3) is 0.524. The second-order valence-corrected chi connectivity index (χ2v) is 8.77. The van der Waals surface area contributed by atoms with E-state index in [9.17, 15) is 28.0 Å². The molecule has 1 aromatic carbocycles. The first-order valence-electron chi connectivity index (χ1n) is 10.3. The highest BCUT2D eigenvalue weighted by atomic mass is 32.2. The van der Waals surface area contributed by atoms with Crippen molar-refractivity contribution in [2.75, 3.05) is 31.0 Å². The highest BCUT2D eigenvalue weighted by Crippen LogP contribution is 2.21. The zero-order chi connectivity index (χ0) is 24.7. The molecule has 1 saturated heterocycles. The van der Waals surface area contributed by atoms with E-state index in [-0.39, 0.29) is 36.2 Å². The minimum Gasteiger partial charge on any atom is -0.467 e. The Kier molecular flexibility index (Phi) is 9.44. The molecule has 9 nitrogen and oxygen atoms in total. The number of anilines is 1. The summed E-state index contributed by atoms with van der Waals surface area (Å²) in [6, 6.07) is -0.447. The Labute approximate surface area is 195 Å². The Morgan fingerprint density at radius 3 is 2.52 bits per heavy atom. The third kappa shape index (κ3) is 7.04. The number of halogens is 2. The summed E-state index contributed by atoms with van der Waals surface area (Å²) in [5.41, 5.74) is -0.214. The molecule has 1 aliphatic heterocycles. The van der Waals surface area contributed by atoms with Crippen LogP contribution in [0.3, 0.4) is 0 Å². The molecule has 0 aliphatic carbocycles. The van der Waals surface area contributed by atoms with Crippen molar-refractivity contribution >= 4 is 41.3 Å². The molecule has 0 unspecified atom stereocenters. The van der Waals surface area contributed by atoms with Gasteiger partial charge in [-0.1, -0.05) is 13.8 Å². The lowest BCUT2D eigenvalue weighted by molar-refractivity contribution is -0.147. The average Bonchev–Trinajstić information content (AvgIpc) is 3.17. The number of hydrogen-bond donors (Lipinski definition) is 3. The topological polar surface area (TPSA) is 117 Å². The van der Waals surface area contributed by atoms with Crippen molar-refractivity contribution < 1.29 is 32.7 Å². The molecule has 1 fully saturated rings. The average molecular weight is 487 g/mol. The number of ether oxygens (including phenoxy) is 1. The SMILES string of the molecule is COC(=O)[C@H](NC(=O)[C@H]1C[C@H](NC(=O)Nc2ccc(F)cc2F)CN1C(=O)CSC)C(C)C. The summed E-state index contributed by atoms with van der Waals surface area (Å²) < 4.78 is 31.6. The van der Waals surface area contributed by atoms with Crippen LogP contribution >= 0.6 is 11.8 Å². The van der Waals surface area contributed by atoms with E-state index in [0.29, 0.717) is 6.07 Å². The molecule has 0 radical (unpaired) electrons. The molecule has 3 atom stereocenters. The van der Waals surface area contributed by atoms with Gasteiger partial charge < -0.3 is 25.6 Å². The van der Waals surface area contributed by atoms with Crippen molar-refractivity contribution in [1.82, 2.24) is 15.5 Å². The normalized spacial score (nSPS) is 18.6. The third-order valence-corrected chi connectivity index (χ3v) is 5.66. The zero-order valence-electron chi connectivity index (χ0n) is 18.8. The quantitative estimate of drug-likeness (QED) is 0.482. The van der Waals surface area contributed by atoms with Crippen molar-refractivity contribution in [1.29, 1.82) is 0 Å². The Balaban J connectivity index is 2.11. The second-order valence-electron chi connectivity index (χ2n) is 7.90. The van der Waals surface area contributed by atoms with Gasteiger partial charge in [-0.2, -0.15) is 11.8 Å². The van der Waals surface area contributed by atoms with Gasteiger partial charge in [0, 0.05) is 12.6 Å². The van der Waals surface area contributed by atoms with E-state index in [2.05, 4.69) is 16.0 Å². The minimum absolute atomic E-state index is 0.0569. The van der Waals surface area contributed by atoms with Crippen molar-refractivity contribution in [3.8, 4) is 0 Å². The lowest BCUT2D eigenvalue weighted by atomic mass is 10.0. The number of hydrogen-bond acceptors (Lipinski definition) is 6. The molecule has 4 amide bonds. The van der Waals surface area contributed by atoms with Crippen molar-refractivity contribution in [3.05, 3.63) is 29.8 Å². The van der Waals surface area contributed by atoms with Crippen LogP contribution in [0.15, 0.2) is 18.2 Å². The number of nitrogens with zero attached hydrogens (tertiary/aromatic N) is 1. The fourth-order valence-corrected chi connectivity index (χ4v) is 3.89. The highest BCUT2D eigenvalue weighted by Gasteiger charge is 2.41. The molecule has 12 heteroatoms. The van der Waals surface area contributed by atoms with E-state index in [4.69, 9.17) is 4.74 Å². The molecular formula is C21H28F2N4O5S. The van der Waals surface area contributed by atoms with Gasteiger partial charge in [0.05, 0.1) is 24.6 Å². The maximum atomic E-state index is 13.8. The Bertz CT molecular complexity index is 901. The Hall–Kier alpha value is -2.89. The van der Waals surface area contributed by atoms with Gasteiger partial charge in [0.2, 0.25) is 11.8 Å². The van der Waals surface area contributed by atoms with E-state index in [1.807, 2.05) is 0 Å². The highest BCUT2D eigenvalue weighted by molar-refractivity contribution is 7.99. The molecule has 33 heavy (non-hydrogen) atoms. The molecule has 0 spiro atoms. The predicted octanol–water partition coefficient (Wildman–Crippen LogP) is 1.73. The monoisotopic (exact) mass is 486 g/mol. The Morgan fingerprint density at radius 2 is 1.94 bits per heavy atom. The van der Waals surface area contributed by atoms with E-state index >= 15 is 0 Å². The molecule has 1 aromatic rings. The summed E-state index contributed by atoms with van der Waals surface area (Å²) in [5.74, 6) is -3.27. The number of nitrogens with one attached hydrogen (secondary N) is 3. The van der Waals surface area contributed by atoms with Gasteiger partial charge in [0.1, 0.15) is 23.7 Å². The number of carbonyl (C=O) groups excluding carboxylic acids is 4. The van der Waals surface area contributed by atoms with Gasteiger partial charge in [0.15, 0.2) is 0 Å². The van der Waals surface area contributed by atoms with Crippen molar-refractivity contribution in [2.24, 2.45) is 5.92 Å². The third-order valence-electron chi connectivity index (χ3n) is 5.13. The maximum Gasteiger partial charge on any atom is 0.328 e. The number of methoxy groups -OCH3 is 1. The lowest BCUT2D eigenvalue weighted by Gasteiger charge is -2.26. The van der Waals surface area contributed by atoms with E-state index < -0.39 is 47.7 Å². The van der Waals surface area contributed by atoms with E-state index in [0.717, 1.165) is 12.1 Å². The molecule has 0 aromatic heterocycles. The lowest BCUT2D eigenvalue weighted by Crippen LogP contribution is -2.53. The molecule has 0 saturated carbocycles. The number of amides is 4. The first-order valence-corrected chi connectivity index (χ1v) is 11.7. The molecule has 1 heterocycles. The molecule has 3 N–H and O–H groups in total. The molecule has 0 bridgehead atoms. The number of esters is 1. The largest absolute Gasteiger partial charge is 0.467 e. The second kappa shape index (κ2) is 11.8. The van der Waals surface area contributed by atoms with Crippen LogP contribution < -0.4 is 16.0 Å². The van der Waals surface area contributed by atoms with Gasteiger partial charge in [0.25, 0.3) is 0 Å². The summed E-state index contributed by atoms with van der Waals surface area (Å²) in [7, 11) is 1.22. The number of carbonyl (C=O) groups is 4. The van der Waals surface area contributed by atoms with Crippen LogP contribution in [-0.2, 0) is 19.1 Å². The van der Waals surface area contributed by atoms with Crippen LogP contribution in [0.1, 0.15) is 20.3 Å². The molecule has 2 rings (SSSR count). The van der Waals surface area contributed by atoms with Crippen LogP contribution in [-0.4, -0.2) is 72.5 Å². The minimum atomic E-state index is -0.937. The van der Waals surface area contributed by atoms with Gasteiger partial charge in [-0.15, -0.1) is 0 Å². The molecular weight excluding hydrogens is 458 g/mol. The number of thioether (sulfide) groups is 1. The first-order chi connectivity index (χ1) is 15.6. The molecule has 182 valence electrons. The van der Waals surface area contributed by atoms with E-state index in [1.165, 1.54) is 23.8 Å².